The first kappa shape index (κ1) is 22.8. The van der Waals surface area contributed by atoms with Crippen LogP contribution in [0.15, 0.2) is 60.7 Å². The lowest BCUT2D eigenvalue weighted by atomic mass is 9.85. The molecule has 0 bridgehead atoms. The molecule has 1 aliphatic carbocycles. The lowest BCUT2D eigenvalue weighted by Crippen LogP contribution is -2.52. The van der Waals surface area contributed by atoms with Crippen molar-refractivity contribution >= 4 is 29.2 Å². The second-order valence-electron chi connectivity index (χ2n) is 7.94. The summed E-state index contributed by atoms with van der Waals surface area (Å²) in [6.07, 6.45) is 4.27. The van der Waals surface area contributed by atoms with Crippen LogP contribution < -0.4 is 4.74 Å². The molecule has 0 spiro atoms. The third-order valence-electron chi connectivity index (χ3n) is 5.98. The molecule has 34 heavy (non-hydrogen) atoms. The number of nitro groups is 1. The first-order valence-corrected chi connectivity index (χ1v) is 10.6. The molecule has 3 amide bonds. The Labute approximate surface area is 194 Å². The third-order valence-corrected chi connectivity index (χ3v) is 5.98. The van der Waals surface area contributed by atoms with Gasteiger partial charge in [0.15, 0.2) is 5.78 Å². The van der Waals surface area contributed by atoms with Gasteiger partial charge in [-0.1, -0.05) is 36.4 Å². The Bertz CT molecular complexity index is 1200. The Balaban J connectivity index is 1.74. The standard InChI is InChI=1S/C24H21N3O7/c1-34-16-8-6-7-15(13-16)21(28)14-25(22(29)19-11-4-5-12-20(19)27(32)33)26-23(30)17-9-2-3-10-18(17)24(26)31/h2-8,11-13,17-18H,9-10,14H2,1H3/t17-,18-/m0/s1. The van der Waals surface area contributed by atoms with Crippen LogP contribution in [0.2, 0.25) is 0 Å². The Kier molecular flexibility index (Phi) is 6.22. The molecule has 1 aliphatic heterocycles. The van der Waals surface area contributed by atoms with Crippen LogP contribution in [0, 0.1) is 22.0 Å². The molecule has 1 saturated heterocycles. The lowest BCUT2D eigenvalue weighted by Gasteiger charge is -2.30. The molecular weight excluding hydrogens is 442 g/mol. The maximum Gasteiger partial charge on any atom is 0.282 e. The van der Waals surface area contributed by atoms with Crippen LogP contribution in [0.4, 0.5) is 5.69 Å². The zero-order valence-electron chi connectivity index (χ0n) is 18.2. The second-order valence-corrected chi connectivity index (χ2v) is 7.94. The number of Topliss-reactive ketones (excluding diaryl/α,β-unsaturated/α-hetero) is 1. The molecular formula is C24H21N3O7. The first-order chi connectivity index (χ1) is 16.3. The number of fused-ring (bicyclic) bond motifs is 1. The quantitative estimate of drug-likeness (QED) is 0.203. The van der Waals surface area contributed by atoms with E-state index in [1.54, 1.807) is 24.3 Å². The molecule has 0 unspecified atom stereocenters. The highest BCUT2D eigenvalue weighted by Gasteiger charge is 2.51. The number of hydrogen-bond donors (Lipinski definition) is 0. The summed E-state index contributed by atoms with van der Waals surface area (Å²) in [6.45, 7) is -0.664. The van der Waals surface area contributed by atoms with Crippen LogP contribution in [0.25, 0.3) is 0 Å². The Hall–Kier alpha value is -4.34. The number of hydrogen-bond acceptors (Lipinski definition) is 7. The van der Waals surface area contributed by atoms with E-state index in [-0.39, 0.29) is 11.1 Å². The van der Waals surface area contributed by atoms with Crippen molar-refractivity contribution < 1.29 is 28.8 Å². The number of hydrazine groups is 1. The van der Waals surface area contributed by atoms with Gasteiger partial charge in [-0.3, -0.25) is 29.3 Å². The van der Waals surface area contributed by atoms with Crippen LogP contribution in [0.5, 0.6) is 5.75 Å². The Morgan fingerprint density at radius 2 is 1.71 bits per heavy atom. The number of ketones is 1. The van der Waals surface area contributed by atoms with Gasteiger partial charge < -0.3 is 4.74 Å². The summed E-state index contributed by atoms with van der Waals surface area (Å²) in [5, 5.41) is 12.9. The molecule has 2 aliphatic rings. The fourth-order valence-electron chi connectivity index (χ4n) is 4.23. The smallest absolute Gasteiger partial charge is 0.282 e. The van der Waals surface area contributed by atoms with E-state index in [1.807, 2.05) is 0 Å². The fraction of sp³-hybridized carbons (Fsp3) is 0.250. The minimum Gasteiger partial charge on any atom is -0.497 e. The number of carbonyl (C=O) groups excluding carboxylic acids is 4. The number of nitrogens with zero attached hydrogens (tertiary/aromatic N) is 3. The van der Waals surface area contributed by atoms with Crippen LogP contribution in [0.3, 0.4) is 0 Å². The molecule has 10 nitrogen and oxygen atoms in total. The van der Waals surface area contributed by atoms with Gasteiger partial charge in [0.05, 0.1) is 23.9 Å². The minimum absolute atomic E-state index is 0.192. The monoisotopic (exact) mass is 463 g/mol. The molecule has 2 atom stereocenters. The van der Waals surface area contributed by atoms with E-state index >= 15 is 0 Å². The largest absolute Gasteiger partial charge is 0.497 e. The number of allylic oxidation sites excluding steroid dienone is 2. The predicted molar refractivity (Wildman–Crippen MR) is 119 cm³/mol. The number of rotatable bonds is 7. The van der Waals surface area contributed by atoms with Gasteiger partial charge in [-0.05, 0) is 31.0 Å². The average Bonchev–Trinajstić information content (AvgIpc) is 3.11. The van der Waals surface area contributed by atoms with Crippen molar-refractivity contribution in [2.24, 2.45) is 11.8 Å². The van der Waals surface area contributed by atoms with Gasteiger partial charge in [0.25, 0.3) is 23.4 Å². The molecule has 174 valence electrons. The van der Waals surface area contributed by atoms with Crippen molar-refractivity contribution in [2.45, 2.75) is 12.8 Å². The first-order valence-electron chi connectivity index (χ1n) is 10.6. The summed E-state index contributed by atoms with van der Waals surface area (Å²) in [7, 11) is 1.44. The van der Waals surface area contributed by atoms with E-state index in [4.69, 9.17) is 4.74 Å². The molecule has 4 rings (SSSR count). The molecule has 0 saturated carbocycles. The molecule has 0 aromatic heterocycles. The number of imide groups is 1. The number of amides is 3. The van der Waals surface area contributed by atoms with Gasteiger partial charge in [0, 0.05) is 11.6 Å². The zero-order valence-corrected chi connectivity index (χ0v) is 18.2. The van der Waals surface area contributed by atoms with Crippen molar-refractivity contribution in [1.82, 2.24) is 10.0 Å². The highest BCUT2D eigenvalue weighted by atomic mass is 16.6. The summed E-state index contributed by atoms with van der Waals surface area (Å²) in [5.41, 5.74) is -0.637. The zero-order chi connectivity index (χ0) is 24.4. The van der Waals surface area contributed by atoms with Crippen molar-refractivity contribution in [3.05, 3.63) is 81.9 Å². The van der Waals surface area contributed by atoms with Gasteiger partial charge in [-0.15, -0.1) is 0 Å². The molecule has 10 heteroatoms. The minimum atomic E-state index is -0.989. The summed E-state index contributed by atoms with van der Waals surface area (Å²) in [6, 6.07) is 11.4. The number of methoxy groups -OCH3 is 1. The highest BCUT2D eigenvalue weighted by molar-refractivity contribution is 6.10. The topological polar surface area (TPSA) is 127 Å². The van der Waals surface area contributed by atoms with Gasteiger partial charge in [-0.2, -0.15) is 5.01 Å². The third kappa shape index (κ3) is 4.05. The highest BCUT2D eigenvalue weighted by Crippen LogP contribution is 2.36. The molecule has 0 radical (unpaired) electrons. The molecule has 2 aromatic carbocycles. The van der Waals surface area contributed by atoms with Crippen molar-refractivity contribution in [2.75, 3.05) is 13.7 Å². The van der Waals surface area contributed by atoms with Gasteiger partial charge >= 0.3 is 0 Å². The molecule has 1 heterocycles. The van der Waals surface area contributed by atoms with E-state index in [9.17, 15) is 29.3 Å². The van der Waals surface area contributed by atoms with Gasteiger partial charge in [0.2, 0.25) is 0 Å². The lowest BCUT2D eigenvalue weighted by molar-refractivity contribution is -0.385. The average molecular weight is 463 g/mol. The summed E-state index contributed by atoms with van der Waals surface area (Å²) in [4.78, 5) is 63.8. The fourth-order valence-corrected chi connectivity index (χ4v) is 4.23. The van der Waals surface area contributed by atoms with Crippen molar-refractivity contribution in [3.8, 4) is 5.75 Å². The number of benzene rings is 2. The molecule has 1 fully saturated rings. The van der Waals surface area contributed by atoms with Crippen LogP contribution in [-0.4, -0.2) is 52.1 Å². The van der Waals surface area contributed by atoms with Crippen LogP contribution in [-0.2, 0) is 9.59 Å². The second kappa shape index (κ2) is 9.26. The molecule has 2 aromatic rings. The maximum absolute atomic E-state index is 13.5. The van der Waals surface area contributed by atoms with E-state index in [1.165, 1.54) is 37.4 Å². The summed E-state index contributed by atoms with van der Waals surface area (Å²) in [5.74, 6) is -3.66. The Morgan fingerprint density at radius 1 is 1.06 bits per heavy atom. The predicted octanol–water partition coefficient (Wildman–Crippen LogP) is 2.79. The number of nitro benzene ring substituents is 1. The van der Waals surface area contributed by atoms with Gasteiger partial charge in [0.1, 0.15) is 17.9 Å². The van der Waals surface area contributed by atoms with E-state index in [0.29, 0.717) is 23.6 Å². The molecule has 0 N–H and O–H groups in total. The van der Waals surface area contributed by atoms with E-state index in [0.717, 1.165) is 11.1 Å². The Morgan fingerprint density at radius 3 is 2.32 bits per heavy atom. The van der Waals surface area contributed by atoms with Crippen molar-refractivity contribution in [3.63, 3.8) is 0 Å². The number of para-hydroxylation sites is 1. The van der Waals surface area contributed by atoms with E-state index in [2.05, 4.69) is 0 Å². The van der Waals surface area contributed by atoms with Crippen LogP contribution >= 0.6 is 0 Å². The SMILES string of the molecule is COc1cccc(C(=O)CN(C(=O)c2ccccc2[N+](=O)[O-])N2C(=O)[C@H]3CC=CC[C@@H]3C2=O)c1. The summed E-state index contributed by atoms with van der Waals surface area (Å²) < 4.78 is 5.13. The normalized spacial score (nSPS) is 19.0. The number of carbonyl (C=O) groups is 4. The van der Waals surface area contributed by atoms with E-state index < -0.39 is 52.5 Å². The number of ether oxygens (including phenoxy) is 1. The van der Waals surface area contributed by atoms with Crippen molar-refractivity contribution in [1.29, 1.82) is 0 Å². The maximum atomic E-state index is 13.5. The van der Waals surface area contributed by atoms with Gasteiger partial charge in [-0.25, -0.2) is 5.01 Å². The van der Waals surface area contributed by atoms with Crippen LogP contribution in [0.1, 0.15) is 33.6 Å². The summed E-state index contributed by atoms with van der Waals surface area (Å²) >= 11 is 0.